The van der Waals surface area contributed by atoms with Gasteiger partial charge in [-0.3, -0.25) is 0 Å². The number of rotatable bonds is 3. The summed E-state index contributed by atoms with van der Waals surface area (Å²) in [6.45, 7) is 0. The highest BCUT2D eigenvalue weighted by atomic mass is 16.4. The lowest BCUT2D eigenvalue weighted by Crippen LogP contribution is -2.30. The van der Waals surface area contributed by atoms with Crippen LogP contribution >= 0.6 is 0 Å². The van der Waals surface area contributed by atoms with E-state index in [1.807, 2.05) is 18.2 Å². The van der Waals surface area contributed by atoms with Crippen LogP contribution in [0.2, 0.25) is 0 Å². The van der Waals surface area contributed by atoms with Crippen LogP contribution in [0.5, 0.6) is 0 Å². The van der Waals surface area contributed by atoms with Gasteiger partial charge in [0.05, 0.1) is 11.0 Å². The molecule has 0 bridgehead atoms. The van der Waals surface area contributed by atoms with E-state index in [1.54, 1.807) is 12.1 Å². The van der Waals surface area contributed by atoms with Gasteiger partial charge in [-0.2, -0.15) is 0 Å². The van der Waals surface area contributed by atoms with Gasteiger partial charge < -0.3 is 19.0 Å². The van der Waals surface area contributed by atoms with Crippen molar-refractivity contribution < 1.29 is 14.5 Å². The lowest BCUT2D eigenvalue weighted by molar-refractivity contribution is 0.426. The maximum absolute atomic E-state index is 9.91. The normalized spacial score (nSPS) is 11.7. The largest absolute Gasteiger partial charge is 0.489 e. The molecule has 0 fully saturated rings. The van der Waals surface area contributed by atoms with Gasteiger partial charge in [0.2, 0.25) is 0 Å². The van der Waals surface area contributed by atoms with Gasteiger partial charge >= 0.3 is 7.12 Å². The van der Waals surface area contributed by atoms with Gasteiger partial charge in [-0.25, -0.2) is 0 Å². The Morgan fingerprint density at radius 3 is 2.11 bits per heavy atom. The predicted octanol–water partition coefficient (Wildman–Crippen LogP) is 6.03. The molecule has 0 saturated heterocycles. The highest BCUT2D eigenvalue weighted by molar-refractivity contribution is 6.62. The van der Waals surface area contributed by atoms with E-state index in [4.69, 9.17) is 4.42 Å². The first-order chi connectivity index (χ1) is 17.2. The first kappa shape index (κ1) is 20.1. The summed E-state index contributed by atoms with van der Waals surface area (Å²) in [6.07, 6.45) is 0. The molecule has 7 rings (SSSR count). The molecule has 2 N–H and O–H groups in total. The topological polar surface area (TPSA) is 58.5 Å². The Labute approximate surface area is 201 Å². The molecular formula is C30H20BNO3. The zero-order chi connectivity index (χ0) is 23.5. The van der Waals surface area contributed by atoms with Gasteiger partial charge in [0.1, 0.15) is 11.2 Å². The maximum atomic E-state index is 9.91. The zero-order valence-electron chi connectivity index (χ0n) is 18.7. The predicted molar refractivity (Wildman–Crippen MR) is 143 cm³/mol. The standard InChI is InChI=1S/C30H20BNO3/c33-31(34)25-10-6-12-29-30(25)24-18-20(14-16-28(24)35-29)19-13-15-27-23(17-19)22-9-4-5-11-26(22)32(27)21-7-2-1-3-8-21/h1-18,33-34H. The Hall–Kier alpha value is -4.32. The molecule has 5 aromatic carbocycles. The molecule has 5 heteroatoms. The zero-order valence-corrected chi connectivity index (χ0v) is 18.7. The third kappa shape index (κ3) is 3.03. The highest BCUT2D eigenvalue weighted by Gasteiger charge is 2.20. The van der Waals surface area contributed by atoms with Gasteiger partial charge in [0, 0.05) is 27.2 Å². The fraction of sp³-hybridized carbons (Fsp3) is 0. The molecule has 0 saturated carbocycles. The van der Waals surface area contributed by atoms with E-state index in [0.717, 1.165) is 38.7 Å². The number of hydrogen-bond acceptors (Lipinski definition) is 3. The molecule has 0 unspecified atom stereocenters. The van der Waals surface area contributed by atoms with Crippen molar-refractivity contribution in [3.8, 4) is 16.8 Å². The van der Waals surface area contributed by atoms with Crippen LogP contribution in [0, 0.1) is 0 Å². The van der Waals surface area contributed by atoms with Gasteiger partial charge in [-0.05, 0) is 65.1 Å². The Morgan fingerprint density at radius 2 is 1.29 bits per heavy atom. The minimum atomic E-state index is -1.57. The van der Waals surface area contributed by atoms with Crippen molar-refractivity contribution in [3.05, 3.63) is 109 Å². The van der Waals surface area contributed by atoms with Crippen LogP contribution in [0.1, 0.15) is 0 Å². The number of nitrogens with zero attached hydrogens (tertiary/aromatic N) is 1. The van der Waals surface area contributed by atoms with Crippen LogP contribution in [0.4, 0.5) is 0 Å². The van der Waals surface area contributed by atoms with Crippen molar-refractivity contribution in [2.75, 3.05) is 0 Å². The van der Waals surface area contributed by atoms with E-state index in [0.29, 0.717) is 11.0 Å². The van der Waals surface area contributed by atoms with Crippen molar-refractivity contribution in [1.29, 1.82) is 0 Å². The number of fused-ring (bicyclic) bond motifs is 6. The summed E-state index contributed by atoms with van der Waals surface area (Å²) in [7, 11) is -1.57. The summed E-state index contributed by atoms with van der Waals surface area (Å²) in [5.41, 5.74) is 7.40. The lowest BCUT2D eigenvalue weighted by Gasteiger charge is -2.08. The van der Waals surface area contributed by atoms with Crippen LogP contribution < -0.4 is 5.46 Å². The molecule has 2 aromatic heterocycles. The highest BCUT2D eigenvalue weighted by Crippen LogP contribution is 2.36. The molecule has 2 heterocycles. The second-order valence-corrected chi connectivity index (χ2v) is 8.83. The number of aromatic nitrogens is 1. The molecule has 0 radical (unpaired) electrons. The average Bonchev–Trinajstić information content (AvgIpc) is 3.44. The van der Waals surface area contributed by atoms with Crippen LogP contribution in [0.15, 0.2) is 114 Å². The number of hydrogen-bond donors (Lipinski definition) is 2. The average molecular weight is 453 g/mol. The third-order valence-electron chi connectivity index (χ3n) is 6.83. The van der Waals surface area contributed by atoms with E-state index in [-0.39, 0.29) is 0 Å². The SMILES string of the molecule is OB(O)c1cccc2oc3ccc(-c4ccc5c(c4)c4ccccc4n5-c4ccccc4)cc3c12. The summed E-state index contributed by atoms with van der Waals surface area (Å²) in [5, 5.41) is 23.8. The fourth-order valence-corrected chi connectivity index (χ4v) is 5.26. The van der Waals surface area contributed by atoms with Gasteiger partial charge in [0.15, 0.2) is 0 Å². The monoisotopic (exact) mass is 453 g/mol. The summed E-state index contributed by atoms with van der Waals surface area (Å²) in [4.78, 5) is 0. The summed E-state index contributed by atoms with van der Waals surface area (Å²) >= 11 is 0. The molecule has 0 aliphatic heterocycles. The van der Waals surface area contributed by atoms with Crippen LogP contribution in [0.25, 0.3) is 60.6 Å². The molecular weight excluding hydrogens is 433 g/mol. The van der Waals surface area contributed by atoms with Crippen molar-refractivity contribution in [1.82, 2.24) is 4.57 Å². The summed E-state index contributed by atoms with van der Waals surface area (Å²) < 4.78 is 8.29. The Morgan fingerprint density at radius 1 is 0.571 bits per heavy atom. The second-order valence-electron chi connectivity index (χ2n) is 8.83. The first-order valence-corrected chi connectivity index (χ1v) is 11.6. The smallest absolute Gasteiger partial charge is 0.456 e. The second kappa shape index (κ2) is 7.60. The van der Waals surface area contributed by atoms with Gasteiger partial charge in [0.25, 0.3) is 0 Å². The third-order valence-corrected chi connectivity index (χ3v) is 6.83. The van der Waals surface area contributed by atoms with E-state index in [2.05, 4.69) is 83.4 Å². The molecule has 7 aromatic rings. The molecule has 0 aliphatic rings. The number of benzene rings is 5. The van der Waals surface area contributed by atoms with Crippen molar-refractivity contribution in [2.24, 2.45) is 0 Å². The van der Waals surface area contributed by atoms with E-state index in [9.17, 15) is 10.0 Å². The minimum Gasteiger partial charge on any atom is -0.456 e. The van der Waals surface area contributed by atoms with E-state index >= 15 is 0 Å². The summed E-state index contributed by atoms with van der Waals surface area (Å²) in [6, 6.07) is 36.9. The first-order valence-electron chi connectivity index (χ1n) is 11.6. The number of para-hydroxylation sites is 2. The summed E-state index contributed by atoms with van der Waals surface area (Å²) in [5.74, 6) is 0. The van der Waals surface area contributed by atoms with E-state index < -0.39 is 7.12 Å². The molecule has 0 atom stereocenters. The van der Waals surface area contributed by atoms with Crippen molar-refractivity contribution in [2.45, 2.75) is 0 Å². The van der Waals surface area contributed by atoms with Crippen molar-refractivity contribution >= 4 is 56.3 Å². The quantitative estimate of drug-likeness (QED) is 0.321. The molecule has 35 heavy (non-hydrogen) atoms. The molecule has 4 nitrogen and oxygen atoms in total. The van der Waals surface area contributed by atoms with E-state index in [1.165, 1.54) is 16.3 Å². The molecule has 0 amide bonds. The molecule has 0 spiro atoms. The van der Waals surface area contributed by atoms with Gasteiger partial charge in [-0.15, -0.1) is 0 Å². The number of furan rings is 1. The lowest BCUT2D eigenvalue weighted by atomic mass is 9.77. The van der Waals surface area contributed by atoms with Crippen molar-refractivity contribution in [3.63, 3.8) is 0 Å². The van der Waals surface area contributed by atoms with Gasteiger partial charge in [-0.1, -0.05) is 60.7 Å². The Bertz CT molecular complexity index is 1880. The Balaban J connectivity index is 1.47. The molecule has 0 aliphatic carbocycles. The van der Waals surface area contributed by atoms with Crippen LogP contribution in [0.3, 0.4) is 0 Å². The minimum absolute atomic E-state index is 0.444. The molecule has 166 valence electrons. The fourth-order valence-electron chi connectivity index (χ4n) is 5.26. The maximum Gasteiger partial charge on any atom is 0.489 e. The Kier molecular flexibility index (Phi) is 4.36. The van der Waals surface area contributed by atoms with Crippen LogP contribution in [-0.4, -0.2) is 21.7 Å². The van der Waals surface area contributed by atoms with Crippen LogP contribution in [-0.2, 0) is 0 Å².